The first-order valence-electron chi connectivity index (χ1n) is 7.44. The Morgan fingerprint density at radius 2 is 1.83 bits per heavy atom. The molecular formula is C19H17NO3. The van der Waals surface area contributed by atoms with E-state index in [1.807, 2.05) is 43.3 Å². The fourth-order valence-corrected chi connectivity index (χ4v) is 2.52. The Morgan fingerprint density at radius 3 is 2.65 bits per heavy atom. The van der Waals surface area contributed by atoms with Crippen LogP contribution in [0.2, 0.25) is 0 Å². The van der Waals surface area contributed by atoms with Gasteiger partial charge in [0.05, 0.1) is 17.9 Å². The maximum Gasteiger partial charge on any atom is 0.256 e. The molecule has 0 aliphatic carbocycles. The molecule has 0 aliphatic rings. The zero-order valence-electron chi connectivity index (χ0n) is 12.7. The molecule has 0 spiro atoms. The van der Waals surface area contributed by atoms with E-state index < -0.39 is 0 Å². The lowest BCUT2D eigenvalue weighted by Gasteiger charge is -2.12. The van der Waals surface area contributed by atoms with E-state index in [-0.39, 0.29) is 11.7 Å². The van der Waals surface area contributed by atoms with Gasteiger partial charge in [-0.05, 0) is 42.0 Å². The van der Waals surface area contributed by atoms with Crippen molar-refractivity contribution < 1.29 is 14.6 Å². The summed E-state index contributed by atoms with van der Waals surface area (Å²) in [6.07, 6.45) is 0. The van der Waals surface area contributed by atoms with Crippen molar-refractivity contribution in [3.05, 3.63) is 66.2 Å². The molecule has 0 radical (unpaired) electrons. The van der Waals surface area contributed by atoms with E-state index in [4.69, 9.17) is 4.74 Å². The molecule has 1 amide bonds. The van der Waals surface area contributed by atoms with E-state index in [1.54, 1.807) is 18.2 Å². The number of phenolic OH excluding ortho intramolecular Hbond substituents is 1. The number of benzene rings is 3. The van der Waals surface area contributed by atoms with Crippen LogP contribution in [0, 0.1) is 0 Å². The molecule has 0 heterocycles. The summed E-state index contributed by atoms with van der Waals surface area (Å²) in [6.45, 7) is 2.41. The van der Waals surface area contributed by atoms with Gasteiger partial charge in [-0.3, -0.25) is 4.79 Å². The molecule has 0 aromatic heterocycles. The fraction of sp³-hybridized carbons (Fsp3) is 0.105. The predicted octanol–water partition coefficient (Wildman–Crippen LogP) is 4.20. The standard InChI is InChI=1S/C19H17NO3/c1-2-23-18-10-6-5-9-17(18)20-19(22)16-12-14(21)11-13-7-3-4-8-15(13)16/h3-12,21H,2H2,1H3,(H,20,22). The molecular weight excluding hydrogens is 290 g/mol. The largest absolute Gasteiger partial charge is 0.508 e. The number of nitrogens with one attached hydrogen (secondary N) is 1. The summed E-state index contributed by atoms with van der Waals surface area (Å²) in [4.78, 5) is 12.7. The quantitative estimate of drug-likeness (QED) is 0.759. The minimum atomic E-state index is -0.288. The summed E-state index contributed by atoms with van der Waals surface area (Å²) >= 11 is 0. The molecule has 2 N–H and O–H groups in total. The summed E-state index contributed by atoms with van der Waals surface area (Å²) in [5, 5.41) is 14.3. The summed E-state index contributed by atoms with van der Waals surface area (Å²) in [7, 11) is 0. The first kappa shape index (κ1) is 14.9. The topological polar surface area (TPSA) is 58.6 Å². The molecule has 4 heteroatoms. The number of para-hydroxylation sites is 2. The van der Waals surface area contributed by atoms with Crippen molar-refractivity contribution in [2.75, 3.05) is 11.9 Å². The molecule has 0 fully saturated rings. The monoisotopic (exact) mass is 307 g/mol. The van der Waals surface area contributed by atoms with Crippen molar-refractivity contribution in [2.45, 2.75) is 6.92 Å². The van der Waals surface area contributed by atoms with Crippen LogP contribution >= 0.6 is 0 Å². The minimum Gasteiger partial charge on any atom is -0.508 e. The average molecular weight is 307 g/mol. The third-order valence-corrected chi connectivity index (χ3v) is 3.53. The van der Waals surface area contributed by atoms with Gasteiger partial charge >= 0.3 is 0 Å². The smallest absolute Gasteiger partial charge is 0.256 e. The van der Waals surface area contributed by atoms with E-state index in [2.05, 4.69) is 5.32 Å². The van der Waals surface area contributed by atoms with E-state index in [0.29, 0.717) is 23.6 Å². The van der Waals surface area contributed by atoms with E-state index in [1.165, 1.54) is 6.07 Å². The van der Waals surface area contributed by atoms with Crippen LogP contribution in [0.5, 0.6) is 11.5 Å². The van der Waals surface area contributed by atoms with Gasteiger partial charge < -0.3 is 15.2 Å². The third kappa shape index (κ3) is 3.11. The second-order valence-electron chi connectivity index (χ2n) is 5.10. The Kier molecular flexibility index (Phi) is 4.15. The van der Waals surface area contributed by atoms with Gasteiger partial charge in [0.15, 0.2) is 0 Å². The molecule has 3 aromatic carbocycles. The number of aromatic hydroxyl groups is 1. The summed E-state index contributed by atoms with van der Waals surface area (Å²) in [5.41, 5.74) is 1.03. The molecule has 116 valence electrons. The van der Waals surface area contributed by atoms with Crippen molar-refractivity contribution in [1.82, 2.24) is 0 Å². The number of carbonyl (C=O) groups excluding carboxylic acids is 1. The van der Waals surface area contributed by atoms with Crippen molar-refractivity contribution in [3.8, 4) is 11.5 Å². The van der Waals surface area contributed by atoms with Crippen LogP contribution in [0.4, 0.5) is 5.69 Å². The Hall–Kier alpha value is -3.01. The van der Waals surface area contributed by atoms with Gasteiger partial charge in [0.1, 0.15) is 11.5 Å². The van der Waals surface area contributed by atoms with E-state index >= 15 is 0 Å². The van der Waals surface area contributed by atoms with Crippen molar-refractivity contribution in [1.29, 1.82) is 0 Å². The Labute approximate surface area is 134 Å². The number of carbonyl (C=O) groups is 1. The molecule has 3 rings (SSSR count). The van der Waals surface area contributed by atoms with Crippen LogP contribution in [0.25, 0.3) is 10.8 Å². The van der Waals surface area contributed by atoms with Crippen LogP contribution < -0.4 is 10.1 Å². The Bertz CT molecular complexity index is 858. The van der Waals surface area contributed by atoms with Crippen LogP contribution in [0.3, 0.4) is 0 Å². The van der Waals surface area contributed by atoms with Crippen LogP contribution in [0.15, 0.2) is 60.7 Å². The van der Waals surface area contributed by atoms with Gasteiger partial charge in [-0.2, -0.15) is 0 Å². The highest BCUT2D eigenvalue weighted by Gasteiger charge is 2.14. The highest BCUT2D eigenvalue weighted by Crippen LogP contribution is 2.28. The summed E-state index contributed by atoms with van der Waals surface area (Å²) in [6, 6.07) is 17.8. The third-order valence-electron chi connectivity index (χ3n) is 3.53. The number of phenols is 1. The Balaban J connectivity index is 1.99. The number of hydrogen-bond donors (Lipinski definition) is 2. The first-order chi connectivity index (χ1) is 11.2. The minimum absolute atomic E-state index is 0.0620. The molecule has 0 atom stereocenters. The van der Waals surface area contributed by atoms with Crippen LogP contribution in [-0.2, 0) is 0 Å². The lowest BCUT2D eigenvalue weighted by Crippen LogP contribution is -2.13. The van der Waals surface area contributed by atoms with Crippen LogP contribution in [0.1, 0.15) is 17.3 Å². The highest BCUT2D eigenvalue weighted by molar-refractivity contribution is 6.13. The summed E-state index contributed by atoms with van der Waals surface area (Å²) in [5.74, 6) is 0.393. The molecule has 4 nitrogen and oxygen atoms in total. The number of ether oxygens (including phenoxy) is 1. The number of amides is 1. The number of rotatable bonds is 4. The lowest BCUT2D eigenvalue weighted by molar-refractivity contribution is 0.102. The fourth-order valence-electron chi connectivity index (χ4n) is 2.52. The first-order valence-corrected chi connectivity index (χ1v) is 7.44. The molecule has 0 saturated carbocycles. The summed E-state index contributed by atoms with van der Waals surface area (Å²) < 4.78 is 5.52. The maximum absolute atomic E-state index is 12.7. The Morgan fingerprint density at radius 1 is 1.09 bits per heavy atom. The second-order valence-corrected chi connectivity index (χ2v) is 5.10. The van der Waals surface area contributed by atoms with E-state index in [9.17, 15) is 9.90 Å². The molecule has 0 saturated heterocycles. The van der Waals surface area contributed by atoms with Gasteiger partial charge in [-0.15, -0.1) is 0 Å². The van der Waals surface area contributed by atoms with Gasteiger partial charge in [0.2, 0.25) is 0 Å². The van der Waals surface area contributed by atoms with Gasteiger partial charge in [-0.25, -0.2) is 0 Å². The normalized spacial score (nSPS) is 10.5. The average Bonchev–Trinajstić information content (AvgIpc) is 2.56. The van der Waals surface area contributed by atoms with E-state index in [0.717, 1.165) is 10.8 Å². The number of fused-ring (bicyclic) bond motifs is 1. The highest BCUT2D eigenvalue weighted by atomic mass is 16.5. The molecule has 0 aliphatic heterocycles. The van der Waals surface area contributed by atoms with Gasteiger partial charge in [0, 0.05) is 0 Å². The zero-order valence-corrected chi connectivity index (χ0v) is 12.7. The van der Waals surface area contributed by atoms with Crippen LogP contribution in [-0.4, -0.2) is 17.6 Å². The molecule has 23 heavy (non-hydrogen) atoms. The SMILES string of the molecule is CCOc1ccccc1NC(=O)c1cc(O)cc2ccccc12. The van der Waals surface area contributed by atoms with Crippen molar-refractivity contribution in [2.24, 2.45) is 0 Å². The van der Waals surface area contributed by atoms with Gasteiger partial charge in [-0.1, -0.05) is 36.4 Å². The molecule has 0 bridgehead atoms. The maximum atomic E-state index is 12.7. The van der Waals surface area contributed by atoms with Gasteiger partial charge in [0.25, 0.3) is 5.91 Å². The predicted molar refractivity (Wildman–Crippen MR) is 91.2 cm³/mol. The van der Waals surface area contributed by atoms with Crippen molar-refractivity contribution in [3.63, 3.8) is 0 Å². The zero-order chi connectivity index (χ0) is 16.2. The lowest BCUT2D eigenvalue weighted by atomic mass is 10.0. The van der Waals surface area contributed by atoms with Crippen molar-refractivity contribution >= 4 is 22.4 Å². The molecule has 0 unspecified atom stereocenters. The second kappa shape index (κ2) is 6.40. The number of hydrogen-bond acceptors (Lipinski definition) is 3. The number of anilines is 1. The molecule has 3 aromatic rings.